The summed E-state index contributed by atoms with van der Waals surface area (Å²) in [4.78, 5) is 2.53. The van der Waals surface area contributed by atoms with Crippen LogP contribution < -0.4 is 9.47 Å². The Morgan fingerprint density at radius 3 is 2.61 bits per heavy atom. The molecular weight excluding hydrogens is 286 g/mol. The molecule has 0 radical (unpaired) electrons. The van der Waals surface area contributed by atoms with Crippen LogP contribution in [0.25, 0.3) is 0 Å². The average Bonchev–Trinajstić information content (AvgIpc) is 2.63. The van der Waals surface area contributed by atoms with Crippen molar-refractivity contribution in [1.82, 2.24) is 4.90 Å². The van der Waals surface area contributed by atoms with E-state index in [1.165, 1.54) is 18.4 Å². The summed E-state index contributed by atoms with van der Waals surface area (Å²) in [5, 5.41) is 0. The molecule has 2 heterocycles. The van der Waals surface area contributed by atoms with Gasteiger partial charge in [0.05, 0.1) is 0 Å². The third kappa shape index (κ3) is 3.35. The Morgan fingerprint density at radius 1 is 0.957 bits per heavy atom. The summed E-state index contributed by atoms with van der Waals surface area (Å²) in [7, 11) is 0. The van der Waals surface area contributed by atoms with E-state index in [9.17, 15) is 0 Å². The van der Waals surface area contributed by atoms with Crippen LogP contribution in [0.4, 0.5) is 0 Å². The topological polar surface area (TPSA) is 21.7 Å². The van der Waals surface area contributed by atoms with Crippen molar-refractivity contribution in [1.29, 1.82) is 0 Å². The van der Waals surface area contributed by atoms with Gasteiger partial charge in [-0.1, -0.05) is 42.5 Å². The van der Waals surface area contributed by atoms with Gasteiger partial charge in [-0.2, -0.15) is 0 Å². The van der Waals surface area contributed by atoms with Crippen LogP contribution >= 0.6 is 0 Å². The zero-order valence-electron chi connectivity index (χ0n) is 13.4. The highest BCUT2D eigenvalue weighted by Crippen LogP contribution is 2.32. The minimum Gasteiger partial charge on any atom is -0.486 e. The summed E-state index contributed by atoms with van der Waals surface area (Å²) >= 11 is 0. The molecule has 23 heavy (non-hydrogen) atoms. The molecule has 0 unspecified atom stereocenters. The Labute approximate surface area is 137 Å². The molecule has 2 atom stereocenters. The van der Waals surface area contributed by atoms with Crippen molar-refractivity contribution in [3.05, 3.63) is 60.2 Å². The van der Waals surface area contributed by atoms with Gasteiger partial charge in [0, 0.05) is 13.1 Å². The van der Waals surface area contributed by atoms with E-state index in [0.29, 0.717) is 12.5 Å². The van der Waals surface area contributed by atoms with E-state index >= 15 is 0 Å². The Balaban J connectivity index is 1.38. The first kappa shape index (κ1) is 14.6. The van der Waals surface area contributed by atoms with Crippen LogP contribution in [0.2, 0.25) is 0 Å². The van der Waals surface area contributed by atoms with Crippen LogP contribution in [-0.4, -0.2) is 37.2 Å². The zero-order chi connectivity index (χ0) is 15.5. The molecule has 0 bridgehead atoms. The lowest BCUT2D eigenvalue weighted by Crippen LogP contribution is -2.44. The van der Waals surface area contributed by atoms with E-state index in [1.807, 2.05) is 24.3 Å². The van der Waals surface area contributed by atoms with Crippen LogP contribution in [0.1, 0.15) is 24.3 Å². The van der Waals surface area contributed by atoms with Crippen molar-refractivity contribution in [3.63, 3.8) is 0 Å². The van der Waals surface area contributed by atoms with Gasteiger partial charge >= 0.3 is 0 Å². The van der Waals surface area contributed by atoms with E-state index in [0.717, 1.165) is 31.1 Å². The van der Waals surface area contributed by atoms with Crippen molar-refractivity contribution in [2.75, 3.05) is 26.2 Å². The quantitative estimate of drug-likeness (QED) is 0.863. The molecule has 120 valence electrons. The van der Waals surface area contributed by atoms with Gasteiger partial charge in [-0.15, -0.1) is 0 Å². The number of piperidine rings is 1. The molecule has 4 rings (SSSR count). The highest BCUT2D eigenvalue weighted by atomic mass is 16.6. The molecule has 1 saturated heterocycles. The van der Waals surface area contributed by atoms with Gasteiger partial charge in [-0.05, 0) is 43.0 Å². The standard InChI is InChI=1S/C20H23NO2/c1-2-7-16(8-3-1)17-9-6-12-21(13-17)14-18-15-22-19-10-4-5-11-20(19)23-18/h1-5,7-8,10-11,17-18H,6,9,12-15H2/t17-,18-/m0/s1. The minimum atomic E-state index is 0.124. The summed E-state index contributed by atoms with van der Waals surface area (Å²) in [6.45, 7) is 3.86. The highest BCUT2D eigenvalue weighted by molar-refractivity contribution is 5.40. The maximum atomic E-state index is 6.11. The maximum Gasteiger partial charge on any atom is 0.161 e. The predicted molar refractivity (Wildman–Crippen MR) is 91.2 cm³/mol. The molecule has 0 spiro atoms. The van der Waals surface area contributed by atoms with E-state index in [4.69, 9.17) is 9.47 Å². The summed E-state index contributed by atoms with van der Waals surface area (Å²) in [5.41, 5.74) is 1.46. The van der Waals surface area contributed by atoms with Gasteiger partial charge < -0.3 is 9.47 Å². The molecule has 2 aromatic rings. The molecule has 3 nitrogen and oxygen atoms in total. The smallest absolute Gasteiger partial charge is 0.161 e. The summed E-state index contributed by atoms with van der Waals surface area (Å²) < 4.78 is 11.9. The molecule has 2 aliphatic heterocycles. The molecule has 0 aliphatic carbocycles. The van der Waals surface area contributed by atoms with Crippen molar-refractivity contribution in [2.45, 2.75) is 24.9 Å². The summed E-state index contributed by atoms with van der Waals surface area (Å²) in [5.74, 6) is 2.38. The van der Waals surface area contributed by atoms with Gasteiger partial charge in [-0.3, -0.25) is 4.90 Å². The van der Waals surface area contributed by atoms with E-state index < -0.39 is 0 Å². The Kier molecular flexibility index (Phi) is 4.20. The number of hydrogen-bond acceptors (Lipinski definition) is 3. The average molecular weight is 309 g/mol. The van der Waals surface area contributed by atoms with Crippen LogP contribution in [0.15, 0.2) is 54.6 Å². The number of ether oxygens (including phenoxy) is 2. The summed E-state index contributed by atoms with van der Waals surface area (Å²) in [6, 6.07) is 18.8. The zero-order valence-corrected chi connectivity index (χ0v) is 13.4. The van der Waals surface area contributed by atoms with Gasteiger partial charge in [-0.25, -0.2) is 0 Å². The molecule has 3 heteroatoms. The molecule has 2 aliphatic rings. The highest BCUT2D eigenvalue weighted by Gasteiger charge is 2.27. The van der Waals surface area contributed by atoms with Crippen LogP contribution in [0.5, 0.6) is 11.5 Å². The number of benzene rings is 2. The third-order valence-corrected chi connectivity index (χ3v) is 4.81. The second kappa shape index (κ2) is 6.63. The van der Waals surface area contributed by atoms with Gasteiger partial charge in [0.25, 0.3) is 0 Å². The number of fused-ring (bicyclic) bond motifs is 1. The summed E-state index contributed by atoms with van der Waals surface area (Å²) in [6.07, 6.45) is 2.66. The molecular formula is C20H23NO2. The van der Waals surface area contributed by atoms with Gasteiger partial charge in [0.2, 0.25) is 0 Å². The lowest BCUT2D eigenvalue weighted by molar-refractivity contribution is 0.0505. The number of rotatable bonds is 3. The second-order valence-corrected chi connectivity index (χ2v) is 6.51. The number of likely N-dealkylation sites (tertiary alicyclic amines) is 1. The molecule has 0 amide bonds. The molecule has 1 fully saturated rings. The first-order valence-corrected chi connectivity index (χ1v) is 8.54. The van der Waals surface area contributed by atoms with Gasteiger partial charge in [0.1, 0.15) is 12.7 Å². The monoisotopic (exact) mass is 309 g/mol. The maximum absolute atomic E-state index is 6.11. The molecule has 0 saturated carbocycles. The first-order chi connectivity index (χ1) is 11.4. The van der Waals surface area contributed by atoms with Crippen molar-refractivity contribution >= 4 is 0 Å². The Hall–Kier alpha value is -2.00. The largest absolute Gasteiger partial charge is 0.486 e. The van der Waals surface area contributed by atoms with Crippen molar-refractivity contribution in [2.24, 2.45) is 0 Å². The van der Waals surface area contributed by atoms with Crippen LogP contribution in [0.3, 0.4) is 0 Å². The second-order valence-electron chi connectivity index (χ2n) is 6.51. The van der Waals surface area contributed by atoms with Crippen LogP contribution in [0, 0.1) is 0 Å². The number of hydrogen-bond donors (Lipinski definition) is 0. The predicted octanol–water partition coefficient (Wildman–Crippen LogP) is 3.71. The SMILES string of the molecule is c1ccc([C@H]2CCCN(C[C@H]3COc4ccccc4O3)C2)cc1. The lowest BCUT2D eigenvalue weighted by Gasteiger charge is -2.36. The fourth-order valence-electron chi connectivity index (χ4n) is 3.66. The van der Waals surface area contributed by atoms with Crippen molar-refractivity contribution in [3.8, 4) is 11.5 Å². The minimum absolute atomic E-state index is 0.124. The number of nitrogens with zero attached hydrogens (tertiary/aromatic N) is 1. The molecule has 0 N–H and O–H groups in total. The Bertz CT molecular complexity index is 643. The fourth-order valence-corrected chi connectivity index (χ4v) is 3.66. The molecule has 0 aromatic heterocycles. The number of para-hydroxylation sites is 2. The van der Waals surface area contributed by atoms with E-state index in [-0.39, 0.29) is 6.10 Å². The van der Waals surface area contributed by atoms with Crippen LogP contribution in [-0.2, 0) is 0 Å². The first-order valence-electron chi connectivity index (χ1n) is 8.54. The van der Waals surface area contributed by atoms with E-state index in [2.05, 4.69) is 35.2 Å². The lowest BCUT2D eigenvalue weighted by atomic mass is 9.90. The third-order valence-electron chi connectivity index (χ3n) is 4.81. The molecule has 2 aromatic carbocycles. The normalized spacial score (nSPS) is 24.3. The van der Waals surface area contributed by atoms with Crippen molar-refractivity contribution < 1.29 is 9.47 Å². The fraction of sp³-hybridized carbons (Fsp3) is 0.400. The Morgan fingerprint density at radius 2 is 1.74 bits per heavy atom. The van der Waals surface area contributed by atoms with E-state index in [1.54, 1.807) is 0 Å². The van der Waals surface area contributed by atoms with Gasteiger partial charge in [0.15, 0.2) is 11.5 Å².